The number of halogens is 2. The summed E-state index contributed by atoms with van der Waals surface area (Å²) < 4.78 is 7.89. The van der Waals surface area contributed by atoms with Gasteiger partial charge in [0.1, 0.15) is 5.82 Å². The molecule has 7 heteroatoms. The number of rotatable bonds is 4. The van der Waals surface area contributed by atoms with E-state index in [2.05, 4.69) is 86.2 Å². The summed E-state index contributed by atoms with van der Waals surface area (Å²) in [5, 5.41) is 0. The average molecular weight is 550 g/mol. The van der Waals surface area contributed by atoms with Crippen LogP contribution in [0.5, 0.6) is 0 Å². The Morgan fingerprint density at radius 3 is 2.58 bits per heavy atom. The minimum absolute atomic E-state index is 0.755. The molecule has 3 rings (SSSR count). The highest BCUT2D eigenvalue weighted by atomic mass is 127. The highest BCUT2D eigenvalue weighted by Crippen LogP contribution is 2.30. The van der Waals surface area contributed by atoms with Crippen LogP contribution in [0.25, 0.3) is 0 Å². The molecular weight excluding hydrogens is 530 g/mol. The lowest BCUT2D eigenvalue weighted by molar-refractivity contribution is 0.122. The van der Waals surface area contributed by atoms with Crippen LogP contribution < -0.4 is 9.80 Å². The van der Waals surface area contributed by atoms with Crippen molar-refractivity contribution in [3.8, 4) is 0 Å². The van der Waals surface area contributed by atoms with Gasteiger partial charge in [0, 0.05) is 38.5 Å². The van der Waals surface area contributed by atoms with Crippen LogP contribution in [0.2, 0.25) is 0 Å². The molecule has 2 aromatic rings. The standard InChI is InChI=1S/C17H20I2N4O/c1-3-23(15-5-4-13(18)11-14(15)19)17-20-12(2)10-16(21-17)22-6-8-24-9-7-22/h4-5,10-11H,3,6-9H2,1-2H3. The molecule has 1 aromatic carbocycles. The quantitative estimate of drug-likeness (QED) is 0.540. The smallest absolute Gasteiger partial charge is 0.232 e. The molecule has 0 atom stereocenters. The lowest BCUT2D eigenvalue weighted by Crippen LogP contribution is -2.37. The van der Waals surface area contributed by atoms with E-state index in [1.54, 1.807) is 0 Å². The van der Waals surface area contributed by atoms with Crippen molar-refractivity contribution in [2.24, 2.45) is 0 Å². The predicted octanol–water partition coefficient (Wildman–Crippen LogP) is 3.99. The van der Waals surface area contributed by atoms with Crippen molar-refractivity contribution in [1.82, 2.24) is 9.97 Å². The second-order valence-electron chi connectivity index (χ2n) is 5.61. The van der Waals surface area contributed by atoms with Crippen molar-refractivity contribution in [1.29, 1.82) is 0 Å². The number of aryl methyl sites for hydroxylation is 1. The van der Waals surface area contributed by atoms with Crippen molar-refractivity contribution in [2.45, 2.75) is 13.8 Å². The molecule has 2 heterocycles. The zero-order valence-corrected chi connectivity index (χ0v) is 18.1. The van der Waals surface area contributed by atoms with E-state index in [-0.39, 0.29) is 0 Å². The van der Waals surface area contributed by atoms with Gasteiger partial charge in [-0.2, -0.15) is 4.98 Å². The largest absolute Gasteiger partial charge is 0.378 e. The van der Waals surface area contributed by atoms with E-state index in [1.807, 2.05) is 6.92 Å². The summed E-state index contributed by atoms with van der Waals surface area (Å²) in [6, 6.07) is 8.51. The van der Waals surface area contributed by atoms with Gasteiger partial charge < -0.3 is 14.5 Å². The third-order valence-corrected chi connectivity index (χ3v) is 5.46. The number of aromatic nitrogens is 2. The summed E-state index contributed by atoms with van der Waals surface area (Å²) in [4.78, 5) is 14.0. The first kappa shape index (κ1) is 18.1. The number of nitrogens with zero attached hydrogens (tertiary/aromatic N) is 4. The van der Waals surface area contributed by atoms with E-state index in [1.165, 1.54) is 7.14 Å². The fraction of sp³-hybridized carbons (Fsp3) is 0.412. The zero-order valence-electron chi connectivity index (χ0n) is 13.8. The van der Waals surface area contributed by atoms with Gasteiger partial charge >= 0.3 is 0 Å². The highest BCUT2D eigenvalue weighted by molar-refractivity contribution is 14.1. The minimum atomic E-state index is 0.755. The van der Waals surface area contributed by atoms with Gasteiger partial charge in [-0.15, -0.1) is 0 Å². The summed E-state index contributed by atoms with van der Waals surface area (Å²) in [5.41, 5.74) is 2.14. The molecule has 0 N–H and O–H groups in total. The topological polar surface area (TPSA) is 41.5 Å². The normalized spacial score (nSPS) is 14.8. The van der Waals surface area contributed by atoms with Gasteiger partial charge in [-0.05, 0) is 77.2 Å². The molecule has 1 fully saturated rings. The molecule has 0 saturated carbocycles. The van der Waals surface area contributed by atoms with Crippen LogP contribution in [0.3, 0.4) is 0 Å². The van der Waals surface area contributed by atoms with E-state index in [4.69, 9.17) is 14.7 Å². The van der Waals surface area contributed by atoms with E-state index < -0.39 is 0 Å². The Bertz CT molecular complexity index is 720. The molecule has 0 unspecified atom stereocenters. The number of anilines is 3. The van der Waals surface area contributed by atoms with Crippen molar-refractivity contribution in [2.75, 3.05) is 42.6 Å². The van der Waals surface area contributed by atoms with Crippen molar-refractivity contribution >= 4 is 62.6 Å². The maximum Gasteiger partial charge on any atom is 0.232 e. The monoisotopic (exact) mass is 550 g/mol. The van der Waals surface area contributed by atoms with E-state index in [9.17, 15) is 0 Å². The van der Waals surface area contributed by atoms with Crippen molar-refractivity contribution in [3.05, 3.63) is 37.1 Å². The van der Waals surface area contributed by atoms with Gasteiger partial charge in [0.2, 0.25) is 5.95 Å². The fourth-order valence-electron chi connectivity index (χ4n) is 2.73. The second-order valence-corrected chi connectivity index (χ2v) is 8.01. The van der Waals surface area contributed by atoms with Crippen LogP contribution in [0.4, 0.5) is 17.5 Å². The molecule has 1 saturated heterocycles. The first-order valence-corrected chi connectivity index (χ1v) is 10.1. The summed E-state index contributed by atoms with van der Waals surface area (Å²) in [5.74, 6) is 1.75. The molecule has 1 aromatic heterocycles. The van der Waals surface area contributed by atoms with Crippen LogP contribution >= 0.6 is 45.2 Å². The highest BCUT2D eigenvalue weighted by Gasteiger charge is 2.18. The predicted molar refractivity (Wildman–Crippen MR) is 114 cm³/mol. The van der Waals surface area contributed by atoms with Gasteiger partial charge in [0.15, 0.2) is 0 Å². The van der Waals surface area contributed by atoms with Crippen LogP contribution in [-0.4, -0.2) is 42.8 Å². The Kier molecular flexibility index (Phi) is 6.14. The van der Waals surface area contributed by atoms with E-state index in [0.29, 0.717) is 0 Å². The number of morpholine rings is 1. The third-order valence-electron chi connectivity index (χ3n) is 3.92. The molecule has 0 bridgehead atoms. The molecular formula is C17H20I2N4O. The Morgan fingerprint density at radius 1 is 1.17 bits per heavy atom. The zero-order chi connectivity index (χ0) is 17.1. The molecule has 0 spiro atoms. The van der Waals surface area contributed by atoms with Crippen LogP contribution in [0.1, 0.15) is 12.6 Å². The van der Waals surface area contributed by atoms with Crippen LogP contribution in [-0.2, 0) is 4.74 Å². The third kappa shape index (κ3) is 4.10. The number of benzene rings is 1. The lowest BCUT2D eigenvalue weighted by Gasteiger charge is -2.29. The second kappa shape index (κ2) is 8.13. The van der Waals surface area contributed by atoms with Crippen LogP contribution in [0.15, 0.2) is 24.3 Å². The van der Waals surface area contributed by atoms with Crippen molar-refractivity contribution < 1.29 is 4.74 Å². The Labute approximate surface area is 170 Å². The molecule has 0 aliphatic carbocycles. The van der Waals surface area contributed by atoms with E-state index in [0.717, 1.165) is 56.0 Å². The Morgan fingerprint density at radius 2 is 1.92 bits per heavy atom. The minimum Gasteiger partial charge on any atom is -0.378 e. The first-order valence-electron chi connectivity index (χ1n) is 7.99. The van der Waals surface area contributed by atoms with Gasteiger partial charge in [0.05, 0.1) is 18.9 Å². The Balaban J connectivity index is 1.98. The molecule has 0 radical (unpaired) electrons. The summed E-state index contributed by atoms with van der Waals surface area (Å²) in [6.07, 6.45) is 0. The number of ether oxygens (including phenoxy) is 1. The molecule has 1 aliphatic heterocycles. The van der Waals surface area contributed by atoms with E-state index >= 15 is 0 Å². The average Bonchev–Trinajstić information content (AvgIpc) is 2.58. The number of hydrogen-bond acceptors (Lipinski definition) is 5. The maximum atomic E-state index is 5.45. The van der Waals surface area contributed by atoms with Gasteiger partial charge in [-0.1, -0.05) is 0 Å². The molecule has 128 valence electrons. The van der Waals surface area contributed by atoms with Gasteiger partial charge in [-0.25, -0.2) is 4.98 Å². The first-order chi connectivity index (χ1) is 11.6. The summed E-state index contributed by atoms with van der Waals surface area (Å²) in [6.45, 7) is 8.25. The number of hydrogen-bond donors (Lipinski definition) is 0. The molecule has 0 amide bonds. The summed E-state index contributed by atoms with van der Waals surface area (Å²) >= 11 is 4.72. The van der Waals surface area contributed by atoms with Crippen LogP contribution in [0, 0.1) is 14.1 Å². The molecule has 5 nitrogen and oxygen atoms in total. The van der Waals surface area contributed by atoms with Gasteiger partial charge in [0.25, 0.3) is 0 Å². The summed E-state index contributed by atoms with van der Waals surface area (Å²) in [7, 11) is 0. The molecule has 1 aliphatic rings. The fourth-order valence-corrected chi connectivity index (χ4v) is 4.62. The van der Waals surface area contributed by atoms with Gasteiger partial charge in [-0.3, -0.25) is 0 Å². The SMILES string of the molecule is CCN(c1nc(C)cc(N2CCOCC2)n1)c1ccc(I)cc1I. The Hall–Kier alpha value is -0.680. The lowest BCUT2D eigenvalue weighted by atomic mass is 10.3. The molecule has 24 heavy (non-hydrogen) atoms. The van der Waals surface area contributed by atoms with Crippen molar-refractivity contribution in [3.63, 3.8) is 0 Å². The maximum absolute atomic E-state index is 5.45.